The standard InChI is InChI=1S/C9H9F2NO3S/c1-2-15-8(13)9(10,11)16(14)7-5-3-4-6-12-7/h3-6H,2H2,1H3. The van der Waals surface area contributed by atoms with Crippen LogP contribution < -0.4 is 0 Å². The maximum absolute atomic E-state index is 13.3. The molecule has 0 fully saturated rings. The minimum absolute atomic E-state index is 0.201. The van der Waals surface area contributed by atoms with Gasteiger partial charge in [-0.25, -0.2) is 14.0 Å². The number of esters is 1. The Morgan fingerprint density at radius 1 is 1.56 bits per heavy atom. The molecule has 1 rings (SSSR count). The van der Waals surface area contributed by atoms with Crippen LogP contribution in [-0.4, -0.2) is 27.0 Å². The Labute approximate surface area is 93.1 Å². The first-order valence-corrected chi connectivity index (χ1v) is 5.53. The maximum Gasteiger partial charge on any atom is 0.421 e. The number of alkyl halides is 2. The molecule has 16 heavy (non-hydrogen) atoms. The van der Waals surface area contributed by atoms with E-state index in [1.54, 1.807) is 0 Å². The molecule has 4 nitrogen and oxygen atoms in total. The molecule has 0 aliphatic rings. The van der Waals surface area contributed by atoms with E-state index in [-0.39, 0.29) is 11.6 Å². The zero-order chi connectivity index (χ0) is 12.2. The second kappa shape index (κ2) is 5.11. The van der Waals surface area contributed by atoms with E-state index < -0.39 is 22.0 Å². The van der Waals surface area contributed by atoms with Gasteiger partial charge >= 0.3 is 11.2 Å². The van der Waals surface area contributed by atoms with Crippen LogP contribution in [0.25, 0.3) is 0 Å². The van der Waals surface area contributed by atoms with E-state index in [1.807, 2.05) is 0 Å². The van der Waals surface area contributed by atoms with E-state index in [4.69, 9.17) is 0 Å². The van der Waals surface area contributed by atoms with E-state index in [0.29, 0.717) is 0 Å². The Kier molecular flexibility index (Phi) is 4.05. The highest BCUT2D eigenvalue weighted by molar-refractivity contribution is 7.86. The van der Waals surface area contributed by atoms with Crippen molar-refractivity contribution >= 4 is 16.8 Å². The van der Waals surface area contributed by atoms with Gasteiger partial charge in [0.1, 0.15) is 5.03 Å². The van der Waals surface area contributed by atoms with Crippen LogP contribution in [0.15, 0.2) is 29.4 Å². The number of rotatable bonds is 4. The predicted molar refractivity (Wildman–Crippen MR) is 52.2 cm³/mol. The SMILES string of the molecule is CCOC(=O)C(F)(F)S(=O)c1ccccn1. The molecule has 0 aromatic carbocycles. The quantitative estimate of drug-likeness (QED) is 0.756. The van der Waals surface area contributed by atoms with E-state index in [0.717, 1.165) is 6.07 Å². The van der Waals surface area contributed by atoms with Gasteiger partial charge in [0, 0.05) is 6.20 Å². The molecule has 0 aliphatic carbocycles. The minimum Gasteiger partial charge on any atom is -0.461 e. The average Bonchev–Trinajstić information content (AvgIpc) is 2.29. The lowest BCUT2D eigenvalue weighted by Gasteiger charge is -2.13. The van der Waals surface area contributed by atoms with Crippen LogP contribution in [0.4, 0.5) is 8.78 Å². The monoisotopic (exact) mass is 249 g/mol. The van der Waals surface area contributed by atoms with Gasteiger partial charge in [0.05, 0.1) is 6.61 Å². The summed E-state index contributed by atoms with van der Waals surface area (Å²) < 4.78 is 42.1. The lowest BCUT2D eigenvalue weighted by molar-refractivity contribution is -0.159. The van der Waals surface area contributed by atoms with Crippen molar-refractivity contribution < 1.29 is 22.5 Å². The topological polar surface area (TPSA) is 56.3 Å². The zero-order valence-corrected chi connectivity index (χ0v) is 9.17. The first-order valence-electron chi connectivity index (χ1n) is 4.38. The first kappa shape index (κ1) is 12.7. The second-order valence-electron chi connectivity index (χ2n) is 2.67. The van der Waals surface area contributed by atoms with Crippen molar-refractivity contribution in [3.05, 3.63) is 24.4 Å². The summed E-state index contributed by atoms with van der Waals surface area (Å²) in [5.74, 6) is -1.81. The van der Waals surface area contributed by atoms with Gasteiger partial charge in [0.25, 0.3) is 0 Å². The third-order valence-corrected chi connectivity index (χ3v) is 2.83. The summed E-state index contributed by atoms with van der Waals surface area (Å²) in [4.78, 5) is 14.4. The number of pyridine rings is 1. The Morgan fingerprint density at radius 2 is 2.25 bits per heavy atom. The molecule has 1 aromatic heterocycles. The van der Waals surface area contributed by atoms with Crippen molar-refractivity contribution in [2.45, 2.75) is 17.2 Å². The fraction of sp³-hybridized carbons (Fsp3) is 0.333. The van der Waals surface area contributed by atoms with Crippen molar-refractivity contribution in [1.29, 1.82) is 0 Å². The highest BCUT2D eigenvalue weighted by atomic mass is 32.2. The summed E-state index contributed by atoms with van der Waals surface area (Å²) in [6.45, 7) is 1.19. The molecule has 0 amide bonds. The number of ether oxygens (including phenoxy) is 1. The molecule has 0 N–H and O–H groups in total. The molecule has 0 saturated heterocycles. The van der Waals surface area contributed by atoms with Gasteiger partial charge in [0.2, 0.25) is 0 Å². The van der Waals surface area contributed by atoms with Crippen molar-refractivity contribution in [2.24, 2.45) is 0 Å². The number of hydrogen-bond donors (Lipinski definition) is 0. The molecule has 1 unspecified atom stereocenters. The van der Waals surface area contributed by atoms with Crippen molar-refractivity contribution in [3.8, 4) is 0 Å². The third kappa shape index (κ3) is 2.60. The molecule has 1 aromatic rings. The molecule has 7 heteroatoms. The van der Waals surface area contributed by atoms with Gasteiger partial charge in [-0.05, 0) is 19.1 Å². The van der Waals surface area contributed by atoms with Gasteiger partial charge in [-0.1, -0.05) is 6.07 Å². The van der Waals surface area contributed by atoms with Crippen LogP contribution in [0.2, 0.25) is 0 Å². The Morgan fingerprint density at radius 3 is 2.75 bits per heavy atom. The molecule has 88 valence electrons. The summed E-state index contributed by atoms with van der Waals surface area (Å²) in [6, 6.07) is 4.05. The predicted octanol–water partition coefficient (Wildman–Crippen LogP) is 1.35. The number of hydrogen-bond acceptors (Lipinski definition) is 4. The average molecular weight is 249 g/mol. The Bertz CT molecular complexity index is 397. The minimum atomic E-state index is -4.08. The zero-order valence-electron chi connectivity index (χ0n) is 8.35. The van der Waals surface area contributed by atoms with Gasteiger partial charge in [0.15, 0.2) is 10.8 Å². The van der Waals surface area contributed by atoms with Crippen molar-refractivity contribution in [2.75, 3.05) is 6.61 Å². The molecule has 0 saturated carbocycles. The van der Waals surface area contributed by atoms with E-state index >= 15 is 0 Å². The Balaban J connectivity index is 2.92. The third-order valence-electron chi connectivity index (χ3n) is 1.57. The molecular weight excluding hydrogens is 240 g/mol. The summed E-state index contributed by atoms with van der Waals surface area (Å²) in [5.41, 5.74) is 0. The van der Waals surface area contributed by atoms with Crippen LogP contribution in [-0.2, 0) is 20.3 Å². The number of aromatic nitrogens is 1. The normalized spacial score (nSPS) is 13.2. The van der Waals surface area contributed by atoms with Crippen molar-refractivity contribution in [3.63, 3.8) is 0 Å². The van der Waals surface area contributed by atoms with Crippen LogP contribution in [0.3, 0.4) is 0 Å². The maximum atomic E-state index is 13.3. The van der Waals surface area contributed by atoms with Crippen molar-refractivity contribution in [1.82, 2.24) is 4.98 Å². The van der Waals surface area contributed by atoms with Crippen LogP contribution in [0.5, 0.6) is 0 Å². The molecule has 0 radical (unpaired) electrons. The second-order valence-corrected chi connectivity index (χ2v) is 4.14. The molecular formula is C9H9F2NO3S. The summed E-state index contributed by atoms with van der Waals surface area (Å²) in [5, 5.41) is -4.44. The van der Waals surface area contributed by atoms with Crippen LogP contribution in [0.1, 0.15) is 6.92 Å². The summed E-state index contributed by atoms with van der Waals surface area (Å²) >= 11 is 0. The highest BCUT2D eigenvalue weighted by Crippen LogP contribution is 2.25. The number of carbonyl (C=O) groups excluding carboxylic acids is 1. The smallest absolute Gasteiger partial charge is 0.421 e. The fourth-order valence-corrected chi connectivity index (χ4v) is 1.71. The molecule has 0 aliphatic heterocycles. The highest BCUT2D eigenvalue weighted by Gasteiger charge is 2.48. The van der Waals surface area contributed by atoms with Gasteiger partial charge in [-0.15, -0.1) is 0 Å². The van der Waals surface area contributed by atoms with E-state index in [9.17, 15) is 17.8 Å². The van der Waals surface area contributed by atoms with Crippen LogP contribution in [0, 0.1) is 0 Å². The lowest BCUT2D eigenvalue weighted by atomic mass is 10.5. The van der Waals surface area contributed by atoms with Gasteiger partial charge in [-0.3, -0.25) is 0 Å². The molecule has 1 heterocycles. The Hall–Kier alpha value is -1.37. The molecule has 0 bridgehead atoms. The number of carbonyl (C=O) groups is 1. The number of halogens is 2. The van der Waals surface area contributed by atoms with Crippen LogP contribution >= 0.6 is 0 Å². The molecule has 0 spiro atoms. The summed E-state index contributed by atoms with van der Waals surface area (Å²) in [6.07, 6.45) is 1.22. The van der Waals surface area contributed by atoms with Gasteiger partial charge < -0.3 is 4.74 Å². The summed E-state index contributed by atoms with van der Waals surface area (Å²) in [7, 11) is -2.84. The first-order chi connectivity index (χ1) is 7.50. The van der Waals surface area contributed by atoms with Gasteiger partial charge in [-0.2, -0.15) is 8.78 Å². The fourth-order valence-electron chi connectivity index (χ4n) is 0.879. The van der Waals surface area contributed by atoms with E-state index in [1.165, 1.54) is 25.3 Å². The number of nitrogens with zero attached hydrogens (tertiary/aromatic N) is 1. The van der Waals surface area contributed by atoms with E-state index in [2.05, 4.69) is 9.72 Å². The molecule has 1 atom stereocenters. The lowest BCUT2D eigenvalue weighted by Crippen LogP contribution is -2.35. The largest absolute Gasteiger partial charge is 0.461 e.